The van der Waals surface area contributed by atoms with Gasteiger partial charge in [0.1, 0.15) is 0 Å². The largest absolute Gasteiger partial charge is 0.416 e. The maximum atomic E-state index is 11.9. The molecule has 0 aliphatic carbocycles. The van der Waals surface area contributed by atoms with Crippen molar-refractivity contribution in [1.82, 2.24) is 0 Å². The third-order valence-corrected chi connectivity index (χ3v) is 1.88. The Hall–Kier alpha value is -0.990. The summed E-state index contributed by atoms with van der Waals surface area (Å²) < 4.78 is 35.8. The van der Waals surface area contributed by atoms with E-state index in [0.717, 1.165) is 17.7 Å². The van der Waals surface area contributed by atoms with Crippen molar-refractivity contribution in [1.29, 1.82) is 0 Å². The maximum Gasteiger partial charge on any atom is 0.416 e. The van der Waals surface area contributed by atoms with Crippen LogP contribution in [-0.2, 0) is 6.18 Å². The fourth-order valence-electron chi connectivity index (χ4n) is 0.743. The lowest BCUT2D eigenvalue weighted by Crippen LogP contribution is -2.03. The smallest absolute Gasteiger partial charge is 0.166 e. The molecule has 0 bridgehead atoms. The van der Waals surface area contributed by atoms with Gasteiger partial charge in [0.2, 0.25) is 0 Å². The molecule has 0 amide bonds. The number of rotatable bonds is 1. The van der Waals surface area contributed by atoms with Gasteiger partial charge in [-0.15, -0.1) is 0 Å². The van der Waals surface area contributed by atoms with E-state index in [9.17, 15) is 13.2 Å². The summed E-state index contributed by atoms with van der Waals surface area (Å²) in [6, 6.07) is 5.05. The first kappa shape index (κ1) is 18.4. The van der Waals surface area contributed by atoms with Gasteiger partial charge >= 0.3 is 6.18 Å². The molecule has 0 atom stereocenters. The summed E-state index contributed by atoms with van der Waals surface area (Å²) in [5.74, 6) is 0. The van der Waals surface area contributed by atoms with Crippen molar-refractivity contribution in [2.45, 2.75) is 53.6 Å². The zero-order chi connectivity index (χ0) is 13.9. The summed E-state index contributed by atoms with van der Waals surface area (Å²) >= 11 is 0. The van der Waals surface area contributed by atoms with Crippen molar-refractivity contribution >= 4 is 0 Å². The highest BCUT2D eigenvalue weighted by molar-refractivity contribution is 5.23. The van der Waals surface area contributed by atoms with Gasteiger partial charge in [0.05, 0.1) is 5.56 Å². The average molecular weight is 248 g/mol. The van der Waals surface area contributed by atoms with E-state index in [1.807, 2.05) is 13.8 Å². The number of hydrogen-bond donors (Lipinski definition) is 0. The van der Waals surface area contributed by atoms with Crippen LogP contribution in [0.2, 0.25) is 0 Å². The van der Waals surface area contributed by atoms with Crippen molar-refractivity contribution in [2.75, 3.05) is 0 Å². The fourth-order valence-corrected chi connectivity index (χ4v) is 0.743. The van der Waals surface area contributed by atoms with Gasteiger partial charge in [0.15, 0.2) is 0 Å². The molecule has 1 aromatic rings. The minimum Gasteiger partial charge on any atom is -0.166 e. The Bertz CT molecular complexity index is 258. The fraction of sp³-hybridized carbons (Fsp3) is 0.571. The Balaban J connectivity index is 0. The lowest BCUT2D eigenvalue weighted by atomic mass is 10.1. The number of hydrogen-bond acceptors (Lipinski definition) is 0. The Kier molecular flexibility index (Phi) is 11.0. The van der Waals surface area contributed by atoms with Crippen LogP contribution in [0.4, 0.5) is 13.2 Å². The number of halogens is 3. The quantitative estimate of drug-likeness (QED) is 0.585. The molecule has 0 aliphatic heterocycles. The Morgan fingerprint density at radius 1 is 0.882 bits per heavy atom. The van der Waals surface area contributed by atoms with Gasteiger partial charge in [-0.1, -0.05) is 58.2 Å². The number of unbranched alkanes of at least 4 members (excludes halogenated alkanes) is 1. The molecular formula is C14H23F3. The predicted molar refractivity (Wildman–Crippen MR) is 68.1 cm³/mol. The Labute approximate surface area is 103 Å². The van der Waals surface area contributed by atoms with Gasteiger partial charge in [-0.2, -0.15) is 13.2 Å². The van der Waals surface area contributed by atoms with Gasteiger partial charge in [-0.25, -0.2) is 0 Å². The van der Waals surface area contributed by atoms with Crippen LogP contribution < -0.4 is 0 Å². The van der Waals surface area contributed by atoms with Crippen LogP contribution in [-0.4, -0.2) is 0 Å². The van der Waals surface area contributed by atoms with Gasteiger partial charge in [-0.3, -0.25) is 0 Å². The number of alkyl halides is 3. The van der Waals surface area contributed by atoms with Crippen LogP contribution in [0.5, 0.6) is 0 Å². The molecule has 0 radical (unpaired) electrons. The van der Waals surface area contributed by atoms with Gasteiger partial charge in [0.25, 0.3) is 0 Å². The topological polar surface area (TPSA) is 0 Å². The van der Waals surface area contributed by atoms with Gasteiger partial charge < -0.3 is 0 Å². The monoisotopic (exact) mass is 248 g/mol. The van der Waals surface area contributed by atoms with Crippen LogP contribution in [0.3, 0.4) is 0 Å². The van der Waals surface area contributed by atoms with Crippen molar-refractivity contribution in [2.24, 2.45) is 0 Å². The summed E-state index contributed by atoms with van der Waals surface area (Å²) in [6.07, 6.45) is -1.58. The van der Waals surface area contributed by atoms with E-state index in [4.69, 9.17) is 0 Å². The van der Waals surface area contributed by atoms with Crippen molar-refractivity contribution in [3.8, 4) is 0 Å². The molecule has 0 aromatic heterocycles. The second-order valence-electron chi connectivity index (χ2n) is 3.36. The minimum atomic E-state index is -4.21. The molecule has 100 valence electrons. The number of benzene rings is 1. The van der Waals surface area contributed by atoms with E-state index in [0.29, 0.717) is 0 Å². The summed E-state index contributed by atoms with van der Waals surface area (Å²) in [6.45, 7) is 10.1. The molecule has 1 aromatic carbocycles. The standard InChI is InChI=1S/C8H7F3.C4H10.C2H6/c1-6-2-4-7(5-3-6)8(9,10)11;1-3-4-2;1-2/h2-5H,1H3;3-4H2,1-2H3;1-2H3. The Morgan fingerprint density at radius 3 is 1.47 bits per heavy atom. The average Bonchev–Trinajstić information content (AvgIpc) is 2.31. The molecule has 0 spiro atoms. The summed E-state index contributed by atoms with van der Waals surface area (Å²) in [5.41, 5.74) is 0.237. The van der Waals surface area contributed by atoms with E-state index in [1.54, 1.807) is 6.92 Å². The van der Waals surface area contributed by atoms with Crippen LogP contribution >= 0.6 is 0 Å². The molecule has 0 saturated carbocycles. The van der Waals surface area contributed by atoms with E-state index < -0.39 is 11.7 Å². The summed E-state index contributed by atoms with van der Waals surface area (Å²) in [7, 11) is 0. The first-order chi connectivity index (χ1) is 7.91. The highest BCUT2D eigenvalue weighted by Gasteiger charge is 2.29. The zero-order valence-corrected chi connectivity index (χ0v) is 11.4. The van der Waals surface area contributed by atoms with Crippen molar-refractivity contribution < 1.29 is 13.2 Å². The molecule has 0 nitrogen and oxygen atoms in total. The van der Waals surface area contributed by atoms with E-state index in [1.165, 1.54) is 25.0 Å². The van der Waals surface area contributed by atoms with E-state index in [2.05, 4.69) is 13.8 Å². The minimum absolute atomic E-state index is 0.594. The lowest BCUT2D eigenvalue weighted by Gasteiger charge is -2.05. The third kappa shape index (κ3) is 9.91. The van der Waals surface area contributed by atoms with Crippen LogP contribution in [0.1, 0.15) is 51.7 Å². The summed E-state index contributed by atoms with van der Waals surface area (Å²) in [5, 5.41) is 0. The molecule has 0 heterocycles. The van der Waals surface area contributed by atoms with Gasteiger partial charge in [0, 0.05) is 0 Å². The molecule has 3 heteroatoms. The normalized spacial score (nSPS) is 9.65. The second kappa shape index (κ2) is 10.2. The Morgan fingerprint density at radius 2 is 1.24 bits per heavy atom. The molecule has 1 rings (SSSR count). The molecule has 0 N–H and O–H groups in total. The molecule has 0 saturated heterocycles. The van der Waals surface area contributed by atoms with Crippen LogP contribution in [0, 0.1) is 6.92 Å². The molecule has 17 heavy (non-hydrogen) atoms. The van der Waals surface area contributed by atoms with Crippen LogP contribution in [0.15, 0.2) is 24.3 Å². The maximum absolute atomic E-state index is 11.9. The van der Waals surface area contributed by atoms with E-state index >= 15 is 0 Å². The van der Waals surface area contributed by atoms with E-state index in [-0.39, 0.29) is 0 Å². The first-order valence-electron chi connectivity index (χ1n) is 6.05. The zero-order valence-electron chi connectivity index (χ0n) is 11.4. The highest BCUT2D eigenvalue weighted by atomic mass is 19.4. The molecule has 0 fully saturated rings. The predicted octanol–water partition coefficient (Wildman–Crippen LogP) is 5.85. The lowest BCUT2D eigenvalue weighted by molar-refractivity contribution is -0.137. The second-order valence-corrected chi connectivity index (χ2v) is 3.36. The SMILES string of the molecule is CC.CCCC.Cc1ccc(C(F)(F)F)cc1. The molecular weight excluding hydrogens is 225 g/mol. The molecule has 0 unspecified atom stereocenters. The third-order valence-electron chi connectivity index (χ3n) is 1.88. The first-order valence-corrected chi connectivity index (χ1v) is 6.05. The summed E-state index contributed by atoms with van der Waals surface area (Å²) in [4.78, 5) is 0. The highest BCUT2D eigenvalue weighted by Crippen LogP contribution is 2.28. The number of aryl methyl sites for hydroxylation is 1. The van der Waals surface area contributed by atoms with Crippen molar-refractivity contribution in [3.05, 3.63) is 35.4 Å². The van der Waals surface area contributed by atoms with Gasteiger partial charge in [-0.05, 0) is 19.1 Å². The van der Waals surface area contributed by atoms with Crippen LogP contribution in [0.25, 0.3) is 0 Å². The molecule has 0 aliphatic rings. The van der Waals surface area contributed by atoms with Crippen molar-refractivity contribution in [3.63, 3.8) is 0 Å².